The van der Waals surface area contributed by atoms with Gasteiger partial charge in [0.25, 0.3) is 0 Å². The average molecular weight is 166 g/mol. The van der Waals surface area contributed by atoms with Crippen LogP contribution in [0.1, 0.15) is 11.1 Å². The number of aliphatic imine (C=N–C) groups is 1. The largest absolute Gasteiger partial charge is 0.396 e. The molecule has 0 bridgehead atoms. The molecule has 0 radical (unpaired) electrons. The third-order valence-corrected chi connectivity index (χ3v) is 1.57. The van der Waals surface area contributed by atoms with Crippen LogP contribution in [0.25, 0.3) is 0 Å². The number of hydrogen-bond acceptors (Lipinski definition) is 2. The van der Waals surface area contributed by atoms with Crippen LogP contribution in [0, 0.1) is 12.7 Å². The molecule has 0 amide bonds. The van der Waals surface area contributed by atoms with Gasteiger partial charge in [0, 0.05) is 18.8 Å². The van der Waals surface area contributed by atoms with E-state index in [-0.39, 0.29) is 11.5 Å². The summed E-state index contributed by atoms with van der Waals surface area (Å²) in [6.45, 7) is 1.82. The second-order valence-corrected chi connectivity index (χ2v) is 2.64. The number of benzene rings is 1. The predicted octanol–water partition coefficient (Wildman–Crippen LogP) is 1.77. The fourth-order valence-electron chi connectivity index (χ4n) is 1.03. The van der Waals surface area contributed by atoms with Crippen molar-refractivity contribution in [1.82, 2.24) is 0 Å². The average Bonchev–Trinajstić information content (AvgIpc) is 2.00. The fraction of sp³-hybridized carbons (Fsp3) is 0.222. The lowest BCUT2D eigenvalue weighted by Crippen LogP contribution is -1.98. The zero-order valence-electron chi connectivity index (χ0n) is 7.13. The minimum absolute atomic E-state index is 0.159. The van der Waals surface area contributed by atoms with Gasteiger partial charge in [-0.25, -0.2) is 4.39 Å². The van der Waals surface area contributed by atoms with Gasteiger partial charge in [-0.05, 0) is 24.6 Å². The lowest BCUT2D eigenvalue weighted by atomic mass is 10.1. The summed E-state index contributed by atoms with van der Waals surface area (Å²) in [7, 11) is 1.62. The van der Waals surface area contributed by atoms with Crippen molar-refractivity contribution in [2.24, 2.45) is 4.99 Å². The van der Waals surface area contributed by atoms with Crippen molar-refractivity contribution in [2.75, 3.05) is 12.8 Å². The van der Waals surface area contributed by atoms with Crippen LogP contribution >= 0.6 is 0 Å². The highest BCUT2D eigenvalue weighted by Crippen LogP contribution is 2.16. The second kappa shape index (κ2) is 3.34. The van der Waals surface area contributed by atoms with Crippen LogP contribution in [0.5, 0.6) is 0 Å². The molecule has 2 nitrogen and oxygen atoms in total. The molecule has 0 fully saturated rings. The van der Waals surface area contributed by atoms with Crippen LogP contribution < -0.4 is 5.73 Å². The van der Waals surface area contributed by atoms with E-state index >= 15 is 0 Å². The first-order chi connectivity index (χ1) is 5.65. The molecule has 3 heteroatoms. The smallest absolute Gasteiger partial charge is 0.147 e. The Bertz CT molecular complexity index is 319. The Labute approximate surface area is 70.9 Å². The van der Waals surface area contributed by atoms with Gasteiger partial charge in [0.15, 0.2) is 0 Å². The van der Waals surface area contributed by atoms with Gasteiger partial charge in [0.05, 0.1) is 5.69 Å². The maximum Gasteiger partial charge on any atom is 0.147 e. The minimum Gasteiger partial charge on any atom is -0.396 e. The molecule has 0 aliphatic heterocycles. The van der Waals surface area contributed by atoms with Crippen LogP contribution in [0.3, 0.4) is 0 Å². The standard InChI is InChI=1S/C9H11FN2/c1-6-3-7(5-12-2)9(11)8(10)4-6/h3-5H,11H2,1-2H3. The number of nitrogens with zero attached hydrogens (tertiary/aromatic N) is 1. The Morgan fingerprint density at radius 3 is 2.75 bits per heavy atom. The Kier molecular flexibility index (Phi) is 2.43. The first-order valence-corrected chi connectivity index (χ1v) is 3.63. The number of nitrogens with two attached hydrogens (primary N) is 1. The molecular formula is C9H11FN2. The molecule has 12 heavy (non-hydrogen) atoms. The molecule has 0 aromatic heterocycles. The number of aryl methyl sites for hydroxylation is 1. The highest BCUT2D eigenvalue weighted by atomic mass is 19.1. The monoisotopic (exact) mass is 166 g/mol. The van der Waals surface area contributed by atoms with Crippen molar-refractivity contribution in [3.05, 3.63) is 29.1 Å². The highest BCUT2D eigenvalue weighted by Gasteiger charge is 2.03. The molecule has 0 spiro atoms. The quantitative estimate of drug-likeness (QED) is 0.501. The van der Waals surface area contributed by atoms with Gasteiger partial charge in [-0.15, -0.1) is 0 Å². The van der Waals surface area contributed by atoms with E-state index in [9.17, 15) is 4.39 Å². The second-order valence-electron chi connectivity index (χ2n) is 2.64. The molecule has 1 aromatic carbocycles. The van der Waals surface area contributed by atoms with Crippen LogP contribution in [0.15, 0.2) is 17.1 Å². The van der Waals surface area contributed by atoms with Crippen LogP contribution in [-0.2, 0) is 0 Å². The summed E-state index contributed by atoms with van der Waals surface area (Å²) in [6.07, 6.45) is 1.55. The van der Waals surface area contributed by atoms with Crippen molar-refractivity contribution in [2.45, 2.75) is 6.92 Å². The molecule has 0 aliphatic rings. The van der Waals surface area contributed by atoms with E-state index in [1.165, 1.54) is 6.07 Å². The zero-order valence-corrected chi connectivity index (χ0v) is 7.13. The van der Waals surface area contributed by atoms with Gasteiger partial charge in [-0.1, -0.05) is 0 Å². The SMILES string of the molecule is CN=Cc1cc(C)cc(F)c1N. The van der Waals surface area contributed by atoms with Crippen molar-refractivity contribution in [1.29, 1.82) is 0 Å². The molecule has 2 N–H and O–H groups in total. The molecule has 0 aliphatic carbocycles. The molecule has 1 aromatic rings. The lowest BCUT2D eigenvalue weighted by Gasteiger charge is -2.02. The lowest BCUT2D eigenvalue weighted by molar-refractivity contribution is 0.631. The minimum atomic E-state index is -0.384. The summed E-state index contributed by atoms with van der Waals surface area (Å²) in [5, 5.41) is 0. The molecule has 64 valence electrons. The topological polar surface area (TPSA) is 38.4 Å². The summed E-state index contributed by atoms with van der Waals surface area (Å²) in [6, 6.07) is 3.20. The summed E-state index contributed by atoms with van der Waals surface area (Å²) in [5.74, 6) is -0.384. The Morgan fingerprint density at radius 2 is 2.17 bits per heavy atom. The van der Waals surface area contributed by atoms with Gasteiger partial charge < -0.3 is 5.73 Å². The zero-order chi connectivity index (χ0) is 9.14. The molecule has 0 heterocycles. The third kappa shape index (κ3) is 1.61. The first kappa shape index (κ1) is 8.71. The van der Waals surface area contributed by atoms with Gasteiger partial charge in [0.1, 0.15) is 5.82 Å². The normalized spacial score (nSPS) is 10.9. The van der Waals surface area contributed by atoms with E-state index in [1.54, 1.807) is 19.3 Å². The van der Waals surface area contributed by atoms with E-state index in [0.717, 1.165) is 5.56 Å². The maximum atomic E-state index is 13.0. The van der Waals surface area contributed by atoms with Gasteiger partial charge in [-0.2, -0.15) is 0 Å². The van der Waals surface area contributed by atoms with Crippen molar-refractivity contribution in [3.63, 3.8) is 0 Å². The van der Waals surface area contributed by atoms with E-state index < -0.39 is 0 Å². The van der Waals surface area contributed by atoms with E-state index in [4.69, 9.17) is 5.73 Å². The van der Waals surface area contributed by atoms with Crippen molar-refractivity contribution in [3.8, 4) is 0 Å². The summed E-state index contributed by atoms with van der Waals surface area (Å²) >= 11 is 0. The first-order valence-electron chi connectivity index (χ1n) is 3.63. The third-order valence-electron chi connectivity index (χ3n) is 1.57. The van der Waals surface area contributed by atoms with Crippen molar-refractivity contribution < 1.29 is 4.39 Å². The molecule has 0 atom stereocenters. The Balaban J connectivity index is 3.27. The number of nitrogen functional groups attached to an aromatic ring is 1. The highest BCUT2D eigenvalue weighted by molar-refractivity contribution is 5.87. The number of rotatable bonds is 1. The van der Waals surface area contributed by atoms with E-state index in [2.05, 4.69) is 4.99 Å². The molecule has 0 saturated carbocycles. The van der Waals surface area contributed by atoms with Crippen LogP contribution in [-0.4, -0.2) is 13.3 Å². The Morgan fingerprint density at radius 1 is 1.50 bits per heavy atom. The summed E-state index contributed by atoms with van der Waals surface area (Å²) in [5.41, 5.74) is 7.11. The molecular weight excluding hydrogens is 155 g/mol. The number of halogens is 1. The van der Waals surface area contributed by atoms with Crippen LogP contribution in [0.4, 0.5) is 10.1 Å². The summed E-state index contributed by atoms with van der Waals surface area (Å²) < 4.78 is 13.0. The Hall–Kier alpha value is -1.38. The van der Waals surface area contributed by atoms with E-state index in [1.807, 2.05) is 6.92 Å². The molecule has 0 saturated heterocycles. The van der Waals surface area contributed by atoms with Crippen molar-refractivity contribution >= 4 is 11.9 Å². The number of anilines is 1. The van der Waals surface area contributed by atoms with Gasteiger partial charge in [0.2, 0.25) is 0 Å². The molecule has 0 unspecified atom stereocenters. The molecule has 1 rings (SSSR count). The maximum absolute atomic E-state index is 13.0. The predicted molar refractivity (Wildman–Crippen MR) is 49.1 cm³/mol. The van der Waals surface area contributed by atoms with E-state index in [0.29, 0.717) is 5.56 Å². The van der Waals surface area contributed by atoms with Gasteiger partial charge in [-0.3, -0.25) is 4.99 Å². The summed E-state index contributed by atoms with van der Waals surface area (Å²) in [4.78, 5) is 3.78. The van der Waals surface area contributed by atoms with Gasteiger partial charge >= 0.3 is 0 Å². The van der Waals surface area contributed by atoms with Crippen LogP contribution in [0.2, 0.25) is 0 Å². The fourth-order valence-corrected chi connectivity index (χ4v) is 1.03. The number of hydrogen-bond donors (Lipinski definition) is 1.